The molecule has 1 atom stereocenters. The maximum atomic E-state index is 12.4. The second-order valence-corrected chi connectivity index (χ2v) is 4.85. The minimum absolute atomic E-state index is 0.0299. The van der Waals surface area contributed by atoms with E-state index in [1.54, 1.807) is 26.4 Å². The Morgan fingerprint density at radius 2 is 1.86 bits per heavy atom. The quantitative estimate of drug-likeness (QED) is 0.866. The molecule has 4 heteroatoms. The first kappa shape index (κ1) is 13.5. The summed E-state index contributed by atoms with van der Waals surface area (Å²) >= 11 is 0. The molecular formula is C17H16O4. The standard InChI is InChI=1S/C17H16O4/c1-19-12-8-13-14(18)10-15(11-6-4-3-5-7-11)21-17(13)16(9-12)20-2/h3-9,15H,10H2,1-2H3. The molecule has 4 nitrogen and oxygen atoms in total. The largest absolute Gasteiger partial charge is 0.497 e. The fraction of sp³-hybridized carbons (Fsp3) is 0.235. The van der Waals surface area contributed by atoms with E-state index in [-0.39, 0.29) is 11.9 Å². The van der Waals surface area contributed by atoms with Crippen molar-refractivity contribution in [3.63, 3.8) is 0 Å². The molecule has 2 aromatic rings. The van der Waals surface area contributed by atoms with Gasteiger partial charge in [-0.1, -0.05) is 30.3 Å². The topological polar surface area (TPSA) is 44.8 Å². The van der Waals surface area contributed by atoms with Crippen molar-refractivity contribution < 1.29 is 19.0 Å². The van der Waals surface area contributed by atoms with Crippen molar-refractivity contribution >= 4 is 5.78 Å². The van der Waals surface area contributed by atoms with Crippen LogP contribution in [0.5, 0.6) is 17.2 Å². The Balaban J connectivity index is 2.03. The molecule has 0 radical (unpaired) electrons. The third kappa shape index (κ3) is 2.44. The minimum atomic E-state index is -0.284. The first-order chi connectivity index (χ1) is 10.2. The average Bonchev–Trinajstić information content (AvgIpc) is 2.54. The van der Waals surface area contributed by atoms with Crippen molar-refractivity contribution in [1.29, 1.82) is 0 Å². The van der Waals surface area contributed by atoms with E-state index in [0.717, 1.165) is 5.56 Å². The van der Waals surface area contributed by atoms with E-state index in [1.165, 1.54) is 0 Å². The summed E-state index contributed by atoms with van der Waals surface area (Å²) in [4.78, 5) is 12.4. The van der Waals surface area contributed by atoms with E-state index < -0.39 is 0 Å². The lowest BCUT2D eigenvalue weighted by atomic mass is 9.96. The van der Waals surface area contributed by atoms with Gasteiger partial charge in [0.2, 0.25) is 0 Å². The van der Waals surface area contributed by atoms with E-state index in [9.17, 15) is 4.79 Å². The molecule has 0 amide bonds. The minimum Gasteiger partial charge on any atom is -0.497 e. The van der Waals surface area contributed by atoms with E-state index in [4.69, 9.17) is 14.2 Å². The predicted molar refractivity (Wildman–Crippen MR) is 78.3 cm³/mol. The van der Waals surface area contributed by atoms with Gasteiger partial charge in [0.15, 0.2) is 17.3 Å². The Morgan fingerprint density at radius 1 is 1.10 bits per heavy atom. The Kier molecular flexibility index (Phi) is 3.52. The predicted octanol–water partition coefficient (Wildman–Crippen LogP) is 3.41. The summed E-state index contributed by atoms with van der Waals surface area (Å²) in [7, 11) is 3.11. The lowest BCUT2D eigenvalue weighted by molar-refractivity contribution is 0.0841. The highest BCUT2D eigenvalue weighted by atomic mass is 16.5. The van der Waals surface area contributed by atoms with Gasteiger partial charge in [0.1, 0.15) is 11.9 Å². The summed E-state index contributed by atoms with van der Waals surface area (Å²) in [5.74, 6) is 1.62. The van der Waals surface area contributed by atoms with Crippen molar-refractivity contribution in [3.8, 4) is 17.2 Å². The molecule has 0 saturated carbocycles. The summed E-state index contributed by atoms with van der Waals surface area (Å²) < 4.78 is 16.5. The van der Waals surface area contributed by atoms with Crippen molar-refractivity contribution in [1.82, 2.24) is 0 Å². The van der Waals surface area contributed by atoms with Gasteiger partial charge in [-0.05, 0) is 11.6 Å². The molecule has 21 heavy (non-hydrogen) atoms. The maximum Gasteiger partial charge on any atom is 0.173 e. The van der Waals surface area contributed by atoms with Crippen LogP contribution in [0.4, 0.5) is 0 Å². The van der Waals surface area contributed by atoms with Crippen LogP contribution in [0.1, 0.15) is 28.4 Å². The van der Waals surface area contributed by atoms with E-state index in [0.29, 0.717) is 29.2 Å². The monoisotopic (exact) mass is 284 g/mol. The van der Waals surface area contributed by atoms with Crippen LogP contribution in [0.15, 0.2) is 42.5 Å². The molecular weight excluding hydrogens is 268 g/mol. The lowest BCUT2D eigenvalue weighted by Gasteiger charge is -2.27. The molecule has 0 bridgehead atoms. The van der Waals surface area contributed by atoms with Crippen molar-refractivity contribution in [3.05, 3.63) is 53.6 Å². The molecule has 0 N–H and O–H groups in total. The number of fused-ring (bicyclic) bond motifs is 1. The number of ketones is 1. The third-order valence-corrected chi connectivity index (χ3v) is 3.59. The van der Waals surface area contributed by atoms with Gasteiger partial charge in [-0.3, -0.25) is 4.79 Å². The van der Waals surface area contributed by atoms with E-state index in [1.807, 2.05) is 30.3 Å². The number of hydrogen-bond acceptors (Lipinski definition) is 4. The highest BCUT2D eigenvalue weighted by Crippen LogP contribution is 2.43. The summed E-state index contributed by atoms with van der Waals surface area (Å²) in [6, 6.07) is 13.1. The molecule has 0 spiro atoms. The molecule has 1 aliphatic heterocycles. The highest BCUT2D eigenvalue weighted by molar-refractivity contribution is 6.01. The Bertz CT molecular complexity index is 664. The average molecular weight is 284 g/mol. The number of Topliss-reactive ketones (excluding diaryl/α,β-unsaturated/α-hetero) is 1. The van der Waals surface area contributed by atoms with Crippen LogP contribution < -0.4 is 14.2 Å². The van der Waals surface area contributed by atoms with Gasteiger partial charge in [0, 0.05) is 6.07 Å². The SMILES string of the molecule is COc1cc(OC)c2c(c1)C(=O)CC(c1ccccc1)O2. The second kappa shape index (κ2) is 5.48. The zero-order valence-corrected chi connectivity index (χ0v) is 12.0. The van der Waals surface area contributed by atoms with Gasteiger partial charge in [0.05, 0.1) is 26.2 Å². The van der Waals surface area contributed by atoms with Crippen LogP contribution >= 0.6 is 0 Å². The number of carbonyl (C=O) groups is 1. The summed E-state index contributed by atoms with van der Waals surface area (Å²) in [5, 5.41) is 0. The van der Waals surface area contributed by atoms with Crippen LogP contribution in [0, 0.1) is 0 Å². The zero-order chi connectivity index (χ0) is 14.8. The smallest absolute Gasteiger partial charge is 0.173 e. The molecule has 3 rings (SSSR count). The molecule has 1 unspecified atom stereocenters. The van der Waals surface area contributed by atoms with E-state index in [2.05, 4.69) is 0 Å². The number of benzene rings is 2. The molecule has 1 heterocycles. The number of hydrogen-bond donors (Lipinski definition) is 0. The summed E-state index contributed by atoms with van der Waals surface area (Å²) in [6.45, 7) is 0. The number of carbonyl (C=O) groups excluding carboxylic acids is 1. The first-order valence-electron chi connectivity index (χ1n) is 6.73. The molecule has 0 saturated heterocycles. The fourth-order valence-corrected chi connectivity index (χ4v) is 2.49. The number of methoxy groups -OCH3 is 2. The van der Waals surface area contributed by atoms with Crippen molar-refractivity contribution in [2.45, 2.75) is 12.5 Å². The Labute approximate surface area is 123 Å². The number of ether oxygens (including phenoxy) is 3. The second-order valence-electron chi connectivity index (χ2n) is 4.85. The van der Waals surface area contributed by atoms with Gasteiger partial charge in [0.25, 0.3) is 0 Å². The van der Waals surface area contributed by atoms with Crippen molar-refractivity contribution in [2.24, 2.45) is 0 Å². The molecule has 0 aliphatic carbocycles. The molecule has 108 valence electrons. The fourth-order valence-electron chi connectivity index (χ4n) is 2.49. The summed E-state index contributed by atoms with van der Waals surface area (Å²) in [6.07, 6.45) is 0.0290. The Hall–Kier alpha value is -2.49. The molecule has 0 fully saturated rings. The van der Waals surface area contributed by atoms with Gasteiger partial charge < -0.3 is 14.2 Å². The molecule has 2 aromatic carbocycles. The number of rotatable bonds is 3. The third-order valence-electron chi connectivity index (χ3n) is 3.59. The van der Waals surface area contributed by atoms with Crippen molar-refractivity contribution in [2.75, 3.05) is 14.2 Å². The zero-order valence-electron chi connectivity index (χ0n) is 12.0. The van der Waals surface area contributed by atoms with Gasteiger partial charge in [-0.15, -0.1) is 0 Å². The maximum absolute atomic E-state index is 12.4. The molecule has 1 aliphatic rings. The summed E-state index contributed by atoms with van der Waals surface area (Å²) in [5.41, 5.74) is 1.49. The lowest BCUT2D eigenvalue weighted by Crippen LogP contribution is -2.21. The van der Waals surface area contributed by atoms with Crippen LogP contribution in [-0.2, 0) is 0 Å². The van der Waals surface area contributed by atoms with Crippen LogP contribution in [0.2, 0.25) is 0 Å². The molecule has 0 aromatic heterocycles. The van der Waals surface area contributed by atoms with E-state index >= 15 is 0 Å². The normalized spacial score (nSPS) is 16.9. The van der Waals surface area contributed by atoms with Gasteiger partial charge in [-0.25, -0.2) is 0 Å². The van der Waals surface area contributed by atoms with Crippen LogP contribution in [0.25, 0.3) is 0 Å². The van der Waals surface area contributed by atoms with Crippen LogP contribution in [-0.4, -0.2) is 20.0 Å². The highest BCUT2D eigenvalue weighted by Gasteiger charge is 2.30. The first-order valence-corrected chi connectivity index (χ1v) is 6.73. The Morgan fingerprint density at radius 3 is 2.52 bits per heavy atom. The van der Waals surface area contributed by atoms with Crippen LogP contribution in [0.3, 0.4) is 0 Å². The van der Waals surface area contributed by atoms with Gasteiger partial charge in [-0.2, -0.15) is 0 Å². The van der Waals surface area contributed by atoms with Gasteiger partial charge >= 0.3 is 0 Å².